The third-order valence-corrected chi connectivity index (χ3v) is 4.09. The van der Waals surface area contributed by atoms with Gasteiger partial charge in [0.15, 0.2) is 0 Å². The Bertz CT molecular complexity index is 718. The molecule has 0 aliphatic heterocycles. The van der Waals surface area contributed by atoms with Crippen LogP contribution in [0.1, 0.15) is 0 Å². The predicted octanol–water partition coefficient (Wildman–Crippen LogP) is 6.44. The van der Waals surface area contributed by atoms with Crippen molar-refractivity contribution in [3.63, 3.8) is 0 Å². The Hall–Kier alpha value is -1.57. The van der Waals surface area contributed by atoms with Crippen molar-refractivity contribution in [1.29, 1.82) is 0 Å². The van der Waals surface area contributed by atoms with Crippen molar-refractivity contribution in [2.24, 2.45) is 0 Å². The molecule has 3 aromatic carbocycles. The van der Waals surface area contributed by atoms with Crippen LogP contribution < -0.4 is 0 Å². The summed E-state index contributed by atoms with van der Waals surface area (Å²) in [7, 11) is 0. The first kappa shape index (κ1) is 13.4. The zero-order valence-corrected chi connectivity index (χ0v) is 13.0. The fourth-order valence-electron chi connectivity index (χ4n) is 2.19. The summed E-state index contributed by atoms with van der Waals surface area (Å²) in [5.41, 5.74) is 4.55. The standard InChI is InChI=1S/C18H12BrCl/c19-16-9-6-13(7-10-16)15-8-11-18(20)17(12-15)14-4-2-1-3-5-14/h1-12H. The van der Waals surface area contributed by atoms with E-state index >= 15 is 0 Å². The van der Waals surface area contributed by atoms with Gasteiger partial charge in [-0.1, -0.05) is 76.1 Å². The summed E-state index contributed by atoms with van der Waals surface area (Å²) >= 11 is 9.80. The van der Waals surface area contributed by atoms with Crippen LogP contribution in [0.5, 0.6) is 0 Å². The van der Waals surface area contributed by atoms with Gasteiger partial charge in [-0.3, -0.25) is 0 Å². The summed E-state index contributed by atoms with van der Waals surface area (Å²) in [6, 6.07) is 24.7. The molecule has 0 aliphatic carbocycles. The Morgan fingerprint density at radius 1 is 0.650 bits per heavy atom. The first-order valence-corrected chi connectivity index (χ1v) is 7.52. The average Bonchev–Trinajstić information content (AvgIpc) is 2.50. The van der Waals surface area contributed by atoms with E-state index in [0.717, 1.165) is 20.6 Å². The Kier molecular flexibility index (Phi) is 3.90. The van der Waals surface area contributed by atoms with Crippen molar-refractivity contribution in [1.82, 2.24) is 0 Å². The topological polar surface area (TPSA) is 0 Å². The van der Waals surface area contributed by atoms with E-state index in [1.54, 1.807) is 0 Å². The minimum absolute atomic E-state index is 0.775. The van der Waals surface area contributed by atoms with Gasteiger partial charge in [-0.05, 0) is 41.0 Å². The van der Waals surface area contributed by atoms with Crippen LogP contribution in [0.4, 0.5) is 0 Å². The molecule has 0 radical (unpaired) electrons. The molecule has 0 unspecified atom stereocenters. The summed E-state index contributed by atoms with van der Waals surface area (Å²) in [6.45, 7) is 0. The second kappa shape index (κ2) is 5.82. The van der Waals surface area contributed by atoms with Gasteiger partial charge in [-0.15, -0.1) is 0 Å². The van der Waals surface area contributed by atoms with E-state index in [-0.39, 0.29) is 0 Å². The first-order chi connectivity index (χ1) is 9.74. The van der Waals surface area contributed by atoms with Crippen molar-refractivity contribution in [3.8, 4) is 22.3 Å². The Labute approximate surface area is 132 Å². The van der Waals surface area contributed by atoms with Crippen LogP contribution in [-0.2, 0) is 0 Å². The molecule has 98 valence electrons. The van der Waals surface area contributed by atoms with Gasteiger partial charge in [0, 0.05) is 15.1 Å². The van der Waals surface area contributed by atoms with E-state index in [9.17, 15) is 0 Å². The summed E-state index contributed by atoms with van der Waals surface area (Å²) < 4.78 is 1.08. The largest absolute Gasteiger partial charge is 0.0837 e. The third-order valence-electron chi connectivity index (χ3n) is 3.23. The molecule has 0 saturated carbocycles. The van der Waals surface area contributed by atoms with E-state index in [0.29, 0.717) is 0 Å². The van der Waals surface area contributed by atoms with E-state index in [2.05, 4.69) is 52.3 Å². The van der Waals surface area contributed by atoms with Crippen LogP contribution in [0.2, 0.25) is 5.02 Å². The van der Waals surface area contributed by atoms with Gasteiger partial charge in [0.1, 0.15) is 0 Å². The highest BCUT2D eigenvalue weighted by molar-refractivity contribution is 9.10. The molecule has 0 aromatic heterocycles. The molecule has 0 amide bonds. The molecule has 0 saturated heterocycles. The summed E-state index contributed by atoms with van der Waals surface area (Å²) in [6.07, 6.45) is 0. The minimum atomic E-state index is 0.775. The molecule has 2 heteroatoms. The van der Waals surface area contributed by atoms with Crippen LogP contribution in [-0.4, -0.2) is 0 Å². The van der Waals surface area contributed by atoms with Gasteiger partial charge >= 0.3 is 0 Å². The highest BCUT2D eigenvalue weighted by atomic mass is 79.9. The van der Waals surface area contributed by atoms with Crippen molar-refractivity contribution in [2.45, 2.75) is 0 Å². The molecule has 0 fully saturated rings. The van der Waals surface area contributed by atoms with Crippen molar-refractivity contribution in [2.75, 3.05) is 0 Å². The molecule has 3 rings (SSSR count). The lowest BCUT2D eigenvalue weighted by molar-refractivity contribution is 1.57. The molecule has 20 heavy (non-hydrogen) atoms. The predicted molar refractivity (Wildman–Crippen MR) is 90.0 cm³/mol. The van der Waals surface area contributed by atoms with Gasteiger partial charge in [-0.2, -0.15) is 0 Å². The van der Waals surface area contributed by atoms with E-state index < -0.39 is 0 Å². The molecule has 0 heterocycles. The van der Waals surface area contributed by atoms with Crippen molar-refractivity contribution < 1.29 is 0 Å². The van der Waals surface area contributed by atoms with E-state index in [1.165, 1.54) is 11.1 Å². The molecule has 0 nitrogen and oxygen atoms in total. The van der Waals surface area contributed by atoms with Crippen LogP contribution in [0.25, 0.3) is 22.3 Å². The van der Waals surface area contributed by atoms with E-state index in [1.807, 2.05) is 36.4 Å². The maximum atomic E-state index is 6.34. The normalized spacial score (nSPS) is 10.5. The van der Waals surface area contributed by atoms with Crippen molar-refractivity contribution >= 4 is 27.5 Å². The highest BCUT2D eigenvalue weighted by Crippen LogP contribution is 2.32. The van der Waals surface area contributed by atoms with E-state index in [4.69, 9.17) is 11.6 Å². The molecule has 0 bridgehead atoms. The second-order valence-corrected chi connectivity index (χ2v) is 5.89. The lowest BCUT2D eigenvalue weighted by Gasteiger charge is -2.08. The Morgan fingerprint density at radius 3 is 2.00 bits per heavy atom. The first-order valence-electron chi connectivity index (χ1n) is 6.35. The lowest BCUT2D eigenvalue weighted by Crippen LogP contribution is -1.83. The van der Waals surface area contributed by atoms with Gasteiger partial charge < -0.3 is 0 Å². The van der Waals surface area contributed by atoms with Crippen LogP contribution >= 0.6 is 27.5 Å². The maximum Gasteiger partial charge on any atom is 0.0484 e. The molecular formula is C18H12BrCl. The van der Waals surface area contributed by atoms with Crippen molar-refractivity contribution in [3.05, 3.63) is 82.3 Å². The zero-order valence-electron chi connectivity index (χ0n) is 10.7. The fraction of sp³-hybridized carbons (Fsp3) is 0. The molecule has 0 atom stereocenters. The second-order valence-electron chi connectivity index (χ2n) is 4.57. The van der Waals surface area contributed by atoms with Gasteiger partial charge in [0.25, 0.3) is 0 Å². The SMILES string of the molecule is Clc1ccc(-c2ccc(Br)cc2)cc1-c1ccccc1. The molecule has 3 aromatic rings. The smallest absolute Gasteiger partial charge is 0.0484 e. The molecule has 0 aliphatic rings. The summed E-state index contributed by atoms with van der Waals surface area (Å²) in [4.78, 5) is 0. The van der Waals surface area contributed by atoms with Gasteiger partial charge in [0.2, 0.25) is 0 Å². The van der Waals surface area contributed by atoms with Crippen LogP contribution in [0.3, 0.4) is 0 Å². The quantitative estimate of drug-likeness (QED) is 0.502. The van der Waals surface area contributed by atoms with Gasteiger partial charge in [0.05, 0.1) is 0 Å². The molecule has 0 spiro atoms. The number of halogens is 2. The number of hydrogen-bond acceptors (Lipinski definition) is 0. The fourth-order valence-corrected chi connectivity index (χ4v) is 2.68. The average molecular weight is 344 g/mol. The summed E-state index contributed by atoms with van der Waals surface area (Å²) in [5, 5.41) is 0.775. The maximum absolute atomic E-state index is 6.34. The number of benzene rings is 3. The molecule has 0 N–H and O–H groups in total. The summed E-state index contributed by atoms with van der Waals surface area (Å²) in [5.74, 6) is 0. The Balaban J connectivity index is 2.09. The number of rotatable bonds is 2. The molecular weight excluding hydrogens is 332 g/mol. The number of hydrogen-bond donors (Lipinski definition) is 0. The van der Waals surface area contributed by atoms with Crippen LogP contribution in [0, 0.1) is 0 Å². The monoisotopic (exact) mass is 342 g/mol. The lowest BCUT2D eigenvalue weighted by atomic mass is 9.99. The Morgan fingerprint density at radius 2 is 1.30 bits per heavy atom. The van der Waals surface area contributed by atoms with Gasteiger partial charge in [-0.25, -0.2) is 0 Å². The zero-order chi connectivity index (χ0) is 13.9. The van der Waals surface area contributed by atoms with Crippen LogP contribution in [0.15, 0.2) is 77.3 Å². The minimum Gasteiger partial charge on any atom is -0.0837 e. The highest BCUT2D eigenvalue weighted by Gasteiger charge is 2.06. The third kappa shape index (κ3) is 2.79.